The number of aryl methyl sites for hydroxylation is 1. The standard InChI is InChI=1S/C19H23ClN2O2/c1-3-4-11-24-17-9-7-16(8-10-17)21-13-19(23)22-18-12-15(20)6-5-14(18)2/h5-10,12,21H,3-4,11,13H2,1-2H3,(H,22,23). The Kier molecular flexibility index (Phi) is 6.94. The van der Waals surface area contributed by atoms with Crippen LogP contribution in [0.2, 0.25) is 5.02 Å². The monoisotopic (exact) mass is 346 g/mol. The van der Waals surface area contributed by atoms with Crippen molar-refractivity contribution in [3.63, 3.8) is 0 Å². The van der Waals surface area contributed by atoms with Crippen LogP contribution in [0.15, 0.2) is 42.5 Å². The number of rotatable bonds is 8. The van der Waals surface area contributed by atoms with Crippen LogP contribution in [-0.4, -0.2) is 19.1 Å². The van der Waals surface area contributed by atoms with Crippen LogP contribution in [0.25, 0.3) is 0 Å². The topological polar surface area (TPSA) is 50.4 Å². The van der Waals surface area contributed by atoms with E-state index >= 15 is 0 Å². The average molecular weight is 347 g/mol. The highest BCUT2D eigenvalue weighted by Crippen LogP contribution is 2.20. The summed E-state index contributed by atoms with van der Waals surface area (Å²) >= 11 is 5.95. The summed E-state index contributed by atoms with van der Waals surface area (Å²) in [5.74, 6) is 0.719. The molecule has 0 aliphatic heterocycles. The van der Waals surface area contributed by atoms with Crippen LogP contribution in [0.1, 0.15) is 25.3 Å². The third-order valence-electron chi connectivity index (χ3n) is 3.55. The van der Waals surface area contributed by atoms with E-state index in [0.29, 0.717) is 5.02 Å². The molecule has 0 radical (unpaired) electrons. The zero-order chi connectivity index (χ0) is 17.4. The summed E-state index contributed by atoms with van der Waals surface area (Å²) in [7, 11) is 0. The van der Waals surface area contributed by atoms with Crippen molar-refractivity contribution in [3.05, 3.63) is 53.1 Å². The number of anilines is 2. The van der Waals surface area contributed by atoms with Crippen LogP contribution >= 0.6 is 11.6 Å². The molecule has 2 aromatic carbocycles. The summed E-state index contributed by atoms with van der Waals surface area (Å²) in [5, 5.41) is 6.55. The Morgan fingerprint density at radius 1 is 1.17 bits per heavy atom. The van der Waals surface area contributed by atoms with E-state index in [2.05, 4.69) is 17.6 Å². The summed E-state index contributed by atoms with van der Waals surface area (Å²) in [5.41, 5.74) is 2.58. The van der Waals surface area contributed by atoms with Gasteiger partial charge in [-0.3, -0.25) is 4.79 Å². The quantitative estimate of drug-likeness (QED) is 0.670. The Morgan fingerprint density at radius 2 is 1.92 bits per heavy atom. The first-order chi connectivity index (χ1) is 11.6. The van der Waals surface area contributed by atoms with Crippen LogP contribution in [-0.2, 0) is 4.79 Å². The molecular formula is C19H23ClN2O2. The largest absolute Gasteiger partial charge is 0.494 e. The van der Waals surface area contributed by atoms with Crippen molar-refractivity contribution < 1.29 is 9.53 Å². The Balaban J connectivity index is 1.82. The number of hydrogen-bond donors (Lipinski definition) is 2. The number of hydrogen-bond acceptors (Lipinski definition) is 3. The van der Waals surface area contributed by atoms with Gasteiger partial charge in [-0.1, -0.05) is 31.0 Å². The lowest BCUT2D eigenvalue weighted by Gasteiger charge is -2.11. The molecule has 0 aliphatic rings. The van der Waals surface area contributed by atoms with Gasteiger partial charge in [0.2, 0.25) is 5.91 Å². The fraction of sp³-hybridized carbons (Fsp3) is 0.316. The molecule has 1 amide bonds. The van der Waals surface area contributed by atoms with Crippen LogP contribution < -0.4 is 15.4 Å². The molecule has 0 bridgehead atoms. The number of nitrogens with one attached hydrogen (secondary N) is 2. The molecule has 0 fully saturated rings. The Hall–Kier alpha value is -2.20. The highest BCUT2D eigenvalue weighted by molar-refractivity contribution is 6.31. The number of amides is 1. The summed E-state index contributed by atoms with van der Waals surface area (Å²) in [4.78, 5) is 12.0. The van der Waals surface area contributed by atoms with Gasteiger partial charge in [0, 0.05) is 16.4 Å². The van der Waals surface area contributed by atoms with Crippen molar-refractivity contribution in [1.29, 1.82) is 0 Å². The van der Waals surface area contributed by atoms with E-state index in [9.17, 15) is 4.79 Å². The second-order valence-electron chi connectivity index (χ2n) is 5.59. The maximum Gasteiger partial charge on any atom is 0.243 e. The summed E-state index contributed by atoms with van der Waals surface area (Å²) in [6, 6.07) is 13.0. The van der Waals surface area contributed by atoms with E-state index in [-0.39, 0.29) is 12.5 Å². The van der Waals surface area contributed by atoms with E-state index in [1.165, 1.54) is 0 Å². The normalized spacial score (nSPS) is 10.3. The molecule has 0 unspecified atom stereocenters. The van der Waals surface area contributed by atoms with Crippen LogP contribution in [0.4, 0.5) is 11.4 Å². The van der Waals surface area contributed by atoms with Gasteiger partial charge < -0.3 is 15.4 Å². The fourth-order valence-corrected chi connectivity index (χ4v) is 2.28. The molecule has 2 N–H and O–H groups in total. The zero-order valence-electron chi connectivity index (χ0n) is 14.1. The molecule has 128 valence electrons. The maximum atomic E-state index is 12.0. The van der Waals surface area contributed by atoms with Crippen molar-refractivity contribution in [2.75, 3.05) is 23.8 Å². The minimum absolute atomic E-state index is 0.122. The molecule has 4 nitrogen and oxygen atoms in total. The molecular weight excluding hydrogens is 324 g/mol. The van der Waals surface area contributed by atoms with Gasteiger partial charge in [0.25, 0.3) is 0 Å². The minimum atomic E-state index is -0.122. The lowest BCUT2D eigenvalue weighted by atomic mass is 10.2. The van der Waals surface area contributed by atoms with Gasteiger partial charge in [-0.05, 0) is 55.3 Å². The Morgan fingerprint density at radius 3 is 2.62 bits per heavy atom. The summed E-state index contributed by atoms with van der Waals surface area (Å²) in [6.45, 7) is 4.97. The van der Waals surface area contributed by atoms with E-state index in [4.69, 9.17) is 16.3 Å². The van der Waals surface area contributed by atoms with Crippen LogP contribution in [0, 0.1) is 6.92 Å². The smallest absolute Gasteiger partial charge is 0.243 e. The molecule has 0 heterocycles. The first-order valence-corrected chi connectivity index (χ1v) is 8.49. The van der Waals surface area contributed by atoms with Crippen LogP contribution in [0.5, 0.6) is 5.75 Å². The number of benzene rings is 2. The molecule has 0 atom stereocenters. The Bertz CT molecular complexity index is 672. The maximum absolute atomic E-state index is 12.0. The fourth-order valence-electron chi connectivity index (χ4n) is 2.11. The highest BCUT2D eigenvalue weighted by atomic mass is 35.5. The van der Waals surface area contributed by atoms with E-state index in [1.54, 1.807) is 12.1 Å². The van der Waals surface area contributed by atoms with E-state index < -0.39 is 0 Å². The minimum Gasteiger partial charge on any atom is -0.494 e. The number of carbonyl (C=O) groups is 1. The molecule has 24 heavy (non-hydrogen) atoms. The summed E-state index contributed by atoms with van der Waals surface area (Å²) in [6.07, 6.45) is 2.16. The predicted octanol–water partition coefficient (Wildman–Crippen LogP) is 4.88. The van der Waals surface area contributed by atoms with Crippen LogP contribution in [0.3, 0.4) is 0 Å². The van der Waals surface area contributed by atoms with E-state index in [0.717, 1.165) is 42.1 Å². The van der Waals surface area contributed by atoms with Crippen molar-refractivity contribution in [2.24, 2.45) is 0 Å². The predicted molar refractivity (Wildman–Crippen MR) is 100 cm³/mol. The number of halogens is 1. The van der Waals surface area contributed by atoms with Gasteiger partial charge in [0.05, 0.1) is 13.2 Å². The van der Waals surface area contributed by atoms with E-state index in [1.807, 2.05) is 37.3 Å². The van der Waals surface area contributed by atoms with Gasteiger partial charge >= 0.3 is 0 Å². The second kappa shape index (κ2) is 9.18. The van der Waals surface area contributed by atoms with Crippen molar-refractivity contribution in [2.45, 2.75) is 26.7 Å². The molecule has 0 spiro atoms. The number of carbonyl (C=O) groups excluding carboxylic acids is 1. The highest BCUT2D eigenvalue weighted by Gasteiger charge is 2.05. The van der Waals surface area contributed by atoms with Gasteiger partial charge in [0.15, 0.2) is 0 Å². The Labute approximate surface area is 148 Å². The third-order valence-corrected chi connectivity index (χ3v) is 3.78. The SMILES string of the molecule is CCCCOc1ccc(NCC(=O)Nc2cc(Cl)ccc2C)cc1. The first kappa shape index (κ1) is 18.1. The first-order valence-electron chi connectivity index (χ1n) is 8.11. The number of ether oxygens (including phenoxy) is 1. The second-order valence-corrected chi connectivity index (χ2v) is 6.02. The lowest BCUT2D eigenvalue weighted by Crippen LogP contribution is -2.22. The lowest BCUT2D eigenvalue weighted by molar-refractivity contribution is -0.114. The zero-order valence-corrected chi connectivity index (χ0v) is 14.8. The third kappa shape index (κ3) is 5.78. The van der Waals surface area contributed by atoms with Gasteiger partial charge in [-0.15, -0.1) is 0 Å². The summed E-state index contributed by atoms with van der Waals surface area (Å²) < 4.78 is 5.61. The molecule has 0 saturated carbocycles. The van der Waals surface area contributed by atoms with Gasteiger partial charge in [-0.25, -0.2) is 0 Å². The van der Waals surface area contributed by atoms with Crippen molar-refractivity contribution >= 4 is 28.9 Å². The molecule has 0 aromatic heterocycles. The average Bonchev–Trinajstić information content (AvgIpc) is 2.58. The molecule has 2 rings (SSSR count). The molecule has 2 aromatic rings. The van der Waals surface area contributed by atoms with Crippen molar-refractivity contribution in [3.8, 4) is 5.75 Å². The molecule has 0 saturated heterocycles. The van der Waals surface area contributed by atoms with Crippen molar-refractivity contribution in [1.82, 2.24) is 0 Å². The molecule has 5 heteroatoms. The van der Waals surface area contributed by atoms with Gasteiger partial charge in [0.1, 0.15) is 5.75 Å². The van der Waals surface area contributed by atoms with Gasteiger partial charge in [-0.2, -0.15) is 0 Å². The molecule has 0 aliphatic carbocycles. The number of unbranched alkanes of at least 4 members (excludes halogenated alkanes) is 1.